The number of halogens is 1. The first-order valence-corrected chi connectivity index (χ1v) is 12.6. The number of hydrogen-bond acceptors (Lipinski definition) is 5. The summed E-state index contributed by atoms with van der Waals surface area (Å²) in [5, 5.41) is 2.72. The van der Waals surface area contributed by atoms with Gasteiger partial charge in [-0.25, -0.2) is 12.8 Å². The Morgan fingerprint density at radius 2 is 1.71 bits per heavy atom. The maximum absolute atomic E-state index is 13.8. The number of aromatic nitrogens is 1. The molecule has 2 heterocycles. The van der Waals surface area contributed by atoms with E-state index in [9.17, 15) is 22.4 Å². The van der Waals surface area contributed by atoms with Crippen LogP contribution >= 0.6 is 0 Å². The van der Waals surface area contributed by atoms with Crippen molar-refractivity contribution < 1.29 is 27.1 Å². The molecule has 0 radical (unpaired) electrons. The van der Waals surface area contributed by atoms with Gasteiger partial charge in [-0.15, -0.1) is 0 Å². The minimum atomic E-state index is -4.08. The monoisotopic (exact) mass is 487 g/mol. The molecule has 2 amide bonds. The molecule has 4 rings (SSSR count). The Labute approximate surface area is 197 Å². The smallest absolute Gasteiger partial charge is 0.242 e. The van der Waals surface area contributed by atoms with Gasteiger partial charge in [0.25, 0.3) is 0 Å². The zero-order valence-electron chi connectivity index (χ0n) is 18.9. The number of anilines is 1. The molecule has 2 atom stereocenters. The predicted molar refractivity (Wildman–Crippen MR) is 126 cm³/mol. The highest BCUT2D eigenvalue weighted by Crippen LogP contribution is 2.27. The fraction of sp³-hybridized carbons (Fsp3) is 0.333. The van der Waals surface area contributed by atoms with Gasteiger partial charge < -0.3 is 19.5 Å². The Bertz CT molecular complexity index is 1330. The third-order valence-corrected chi connectivity index (χ3v) is 7.27. The Balaban J connectivity index is 1.58. The van der Waals surface area contributed by atoms with Gasteiger partial charge in [0.2, 0.25) is 11.8 Å². The number of benzene rings is 2. The van der Waals surface area contributed by atoms with Crippen molar-refractivity contribution >= 4 is 38.2 Å². The predicted octanol–water partition coefficient (Wildman–Crippen LogP) is 2.83. The van der Waals surface area contributed by atoms with E-state index >= 15 is 0 Å². The highest BCUT2D eigenvalue weighted by atomic mass is 32.2. The molecule has 0 saturated carbocycles. The largest absolute Gasteiger partial charge is 0.372 e. The number of sulfone groups is 1. The number of para-hydroxylation sites is 2. The van der Waals surface area contributed by atoms with Crippen molar-refractivity contribution in [1.82, 2.24) is 9.47 Å². The van der Waals surface area contributed by atoms with Crippen molar-refractivity contribution in [3.05, 3.63) is 60.5 Å². The number of morpholine rings is 1. The first-order valence-electron chi connectivity index (χ1n) is 10.9. The summed E-state index contributed by atoms with van der Waals surface area (Å²) < 4.78 is 47.4. The number of carbonyl (C=O) groups excluding carboxylic acids is 2. The number of amides is 2. The SMILES string of the molecule is CC1CN(C(=O)Cn2cc(S(=O)(=O)CC(=O)Nc3ccccc3F)c3ccccc32)CC(C)O1. The zero-order chi connectivity index (χ0) is 24.5. The van der Waals surface area contributed by atoms with Crippen molar-refractivity contribution in [1.29, 1.82) is 0 Å². The standard InChI is InChI=1S/C24H26FN3O5S/c1-16-11-28(12-17(2)33-16)24(30)14-27-13-22(18-7-3-6-10-21(18)27)34(31,32)15-23(29)26-20-9-5-4-8-19(20)25/h3-10,13,16-17H,11-12,14-15H2,1-2H3,(H,26,29). The summed E-state index contributed by atoms with van der Waals surface area (Å²) in [5.74, 6) is -2.52. The Kier molecular flexibility index (Phi) is 6.72. The second kappa shape index (κ2) is 9.55. The lowest BCUT2D eigenvalue weighted by Gasteiger charge is -2.35. The van der Waals surface area contributed by atoms with E-state index in [-0.39, 0.29) is 35.2 Å². The average Bonchev–Trinajstić information content (AvgIpc) is 3.14. The number of ether oxygens (including phenoxy) is 1. The van der Waals surface area contributed by atoms with Crippen LogP contribution in [0.3, 0.4) is 0 Å². The topological polar surface area (TPSA) is 97.7 Å². The molecule has 1 aliphatic heterocycles. The molecule has 3 aromatic rings. The summed E-state index contributed by atoms with van der Waals surface area (Å²) in [6, 6.07) is 12.3. The molecule has 2 aromatic carbocycles. The van der Waals surface area contributed by atoms with Crippen molar-refractivity contribution in [2.24, 2.45) is 0 Å². The number of nitrogens with zero attached hydrogens (tertiary/aromatic N) is 2. The average molecular weight is 488 g/mol. The minimum Gasteiger partial charge on any atom is -0.372 e. The lowest BCUT2D eigenvalue weighted by Crippen LogP contribution is -2.49. The molecule has 34 heavy (non-hydrogen) atoms. The maximum atomic E-state index is 13.8. The Morgan fingerprint density at radius 1 is 1.06 bits per heavy atom. The minimum absolute atomic E-state index is 0.0447. The number of rotatable bonds is 6. The molecule has 1 fully saturated rings. The number of fused-ring (bicyclic) bond motifs is 1. The van der Waals surface area contributed by atoms with E-state index in [0.717, 1.165) is 0 Å². The summed E-state index contributed by atoms with van der Waals surface area (Å²) in [6.07, 6.45) is 1.22. The highest BCUT2D eigenvalue weighted by Gasteiger charge is 2.28. The molecular formula is C24H26FN3O5S. The lowest BCUT2D eigenvalue weighted by atomic mass is 10.2. The molecule has 180 valence electrons. The third-order valence-electron chi connectivity index (χ3n) is 5.63. The number of carbonyl (C=O) groups is 2. The van der Waals surface area contributed by atoms with Crippen molar-refractivity contribution in [2.45, 2.75) is 37.5 Å². The number of hydrogen-bond donors (Lipinski definition) is 1. The molecule has 0 spiro atoms. The fourth-order valence-corrected chi connectivity index (χ4v) is 5.59. The van der Waals surface area contributed by atoms with Crippen LogP contribution in [-0.2, 0) is 30.7 Å². The van der Waals surface area contributed by atoms with E-state index < -0.39 is 27.3 Å². The Hall–Kier alpha value is -3.24. The molecule has 1 aromatic heterocycles. The van der Waals surface area contributed by atoms with Crippen LogP contribution in [0, 0.1) is 5.82 Å². The van der Waals surface area contributed by atoms with Crippen molar-refractivity contribution in [3.8, 4) is 0 Å². The quantitative estimate of drug-likeness (QED) is 0.577. The first-order chi connectivity index (χ1) is 16.1. The normalized spacial score (nSPS) is 18.7. The molecular weight excluding hydrogens is 461 g/mol. The van der Waals surface area contributed by atoms with Gasteiger partial charge in [-0.3, -0.25) is 9.59 Å². The first kappa shape index (κ1) is 23.9. The molecule has 2 unspecified atom stereocenters. The highest BCUT2D eigenvalue weighted by molar-refractivity contribution is 7.92. The van der Waals surface area contributed by atoms with Gasteiger partial charge in [-0.2, -0.15) is 0 Å². The van der Waals surface area contributed by atoms with Gasteiger partial charge in [-0.05, 0) is 32.0 Å². The maximum Gasteiger partial charge on any atom is 0.242 e. The fourth-order valence-electron chi connectivity index (χ4n) is 4.22. The summed E-state index contributed by atoms with van der Waals surface area (Å²) in [6.45, 7) is 4.68. The Morgan fingerprint density at radius 3 is 2.41 bits per heavy atom. The summed E-state index contributed by atoms with van der Waals surface area (Å²) >= 11 is 0. The molecule has 8 nitrogen and oxygen atoms in total. The van der Waals surface area contributed by atoms with E-state index in [4.69, 9.17) is 4.74 Å². The third kappa shape index (κ3) is 5.13. The van der Waals surface area contributed by atoms with Crippen LogP contribution in [-0.4, -0.2) is 60.7 Å². The van der Waals surface area contributed by atoms with Crippen LogP contribution in [0.1, 0.15) is 13.8 Å². The van der Waals surface area contributed by atoms with Gasteiger partial charge >= 0.3 is 0 Å². The summed E-state index contributed by atoms with van der Waals surface area (Å²) in [4.78, 5) is 27.0. The molecule has 10 heteroatoms. The summed E-state index contributed by atoms with van der Waals surface area (Å²) in [7, 11) is -4.08. The van der Waals surface area contributed by atoms with Crippen LogP contribution in [0.2, 0.25) is 0 Å². The van der Waals surface area contributed by atoms with Gasteiger partial charge in [0, 0.05) is 30.2 Å². The lowest BCUT2D eigenvalue weighted by molar-refractivity contribution is -0.143. The molecule has 0 bridgehead atoms. The van der Waals surface area contributed by atoms with E-state index in [2.05, 4.69) is 5.32 Å². The van der Waals surface area contributed by atoms with Gasteiger partial charge in [-0.1, -0.05) is 30.3 Å². The van der Waals surface area contributed by atoms with Gasteiger partial charge in [0.1, 0.15) is 18.1 Å². The second-order valence-electron chi connectivity index (χ2n) is 8.48. The van der Waals surface area contributed by atoms with E-state index in [1.165, 1.54) is 30.5 Å². The zero-order valence-corrected chi connectivity index (χ0v) is 19.7. The van der Waals surface area contributed by atoms with Crippen LogP contribution in [0.4, 0.5) is 10.1 Å². The second-order valence-corrected chi connectivity index (χ2v) is 10.4. The van der Waals surface area contributed by atoms with Crippen molar-refractivity contribution in [2.75, 3.05) is 24.2 Å². The summed E-state index contributed by atoms with van der Waals surface area (Å²) in [5.41, 5.74) is 0.475. The van der Waals surface area contributed by atoms with E-state index in [0.29, 0.717) is 24.0 Å². The van der Waals surface area contributed by atoms with Gasteiger partial charge in [0.05, 0.1) is 22.8 Å². The molecule has 1 aliphatic rings. The van der Waals surface area contributed by atoms with Crippen molar-refractivity contribution in [3.63, 3.8) is 0 Å². The van der Waals surface area contributed by atoms with Gasteiger partial charge in [0.15, 0.2) is 9.84 Å². The van der Waals surface area contributed by atoms with Crippen LogP contribution in [0.25, 0.3) is 10.9 Å². The van der Waals surface area contributed by atoms with Crippen LogP contribution in [0.15, 0.2) is 59.6 Å². The van der Waals surface area contributed by atoms with Crippen LogP contribution in [0.5, 0.6) is 0 Å². The molecule has 1 saturated heterocycles. The number of nitrogens with one attached hydrogen (secondary N) is 1. The van der Waals surface area contributed by atoms with Crippen LogP contribution < -0.4 is 5.32 Å². The van der Waals surface area contributed by atoms with E-state index in [1.807, 2.05) is 13.8 Å². The molecule has 1 N–H and O–H groups in total. The molecule has 0 aliphatic carbocycles. The van der Waals surface area contributed by atoms with E-state index in [1.54, 1.807) is 33.7 Å².